The van der Waals surface area contributed by atoms with Crippen molar-refractivity contribution >= 4 is 11.9 Å². The smallest absolute Gasteiger partial charge is 0.155 e. The highest BCUT2D eigenvalue weighted by molar-refractivity contribution is 5.97. The molecule has 0 amide bonds. The number of rotatable bonds is 4. The Morgan fingerprint density at radius 2 is 1.93 bits per heavy atom. The normalized spacial score (nSPS) is 11.3. The molecule has 0 aliphatic rings. The van der Waals surface area contributed by atoms with Crippen molar-refractivity contribution < 1.29 is 9.53 Å². The third-order valence-electron chi connectivity index (χ3n) is 2.29. The van der Waals surface area contributed by atoms with Crippen molar-refractivity contribution in [3.05, 3.63) is 35.4 Å². The van der Waals surface area contributed by atoms with Gasteiger partial charge in [-0.05, 0) is 42.7 Å². The van der Waals surface area contributed by atoms with E-state index < -0.39 is 0 Å². The van der Waals surface area contributed by atoms with Crippen LogP contribution >= 0.6 is 0 Å². The monoisotopic (exact) mass is 204 g/mol. The number of hydrogen-bond acceptors (Lipinski definition) is 2. The van der Waals surface area contributed by atoms with Crippen LogP contribution in [-0.4, -0.2) is 12.9 Å². The Morgan fingerprint density at radius 3 is 2.33 bits per heavy atom. The molecule has 0 N–H and O–H groups in total. The zero-order valence-corrected chi connectivity index (χ0v) is 9.41. The fraction of sp³-hybridized carbons (Fsp3) is 0.308. The van der Waals surface area contributed by atoms with Crippen LogP contribution in [0.3, 0.4) is 0 Å². The molecule has 0 bridgehead atoms. The Morgan fingerprint density at radius 1 is 1.33 bits per heavy atom. The van der Waals surface area contributed by atoms with Crippen LogP contribution in [-0.2, 0) is 4.79 Å². The molecule has 1 aromatic carbocycles. The number of allylic oxidation sites excluding steroid dienone is 1. The van der Waals surface area contributed by atoms with Crippen LogP contribution in [0.1, 0.15) is 25.8 Å². The summed E-state index contributed by atoms with van der Waals surface area (Å²) < 4.78 is 5.06. The molecule has 0 spiro atoms. The predicted octanol–water partition coefficient (Wildman–Crippen LogP) is 3.08. The number of carbonyl (C=O) groups excluding carboxylic acids is 1. The standard InChI is InChI=1S/C13H16O2/c1-4-12(10(2)14)9-11-5-7-13(15-3)8-6-11/h5-9H,4H2,1-3H3. The maximum Gasteiger partial charge on any atom is 0.155 e. The minimum atomic E-state index is 0.133. The molecule has 1 aromatic rings. The van der Waals surface area contributed by atoms with Gasteiger partial charge in [-0.3, -0.25) is 4.79 Å². The van der Waals surface area contributed by atoms with Crippen molar-refractivity contribution in [3.63, 3.8) is 0 Å². The number of hydrogen-bond donors (Lipinski definition) is 0. The summed E-state index contributed by atoms with van der Waals surface area (Å²) in [6.45, 7) is 3.58. The quantitative estimate of drug-likeness (QED) is 0.704. The van der Waals surface area contributed by atoms with E-state index >= 15 is 0 Å². The first-order valence-electron chi connectivity index (χ1n) is 5.03. The maximum absolute atomic E-state index is 11.2. The van der Waals surface area contributed by atoms with Gasteiger partial charge in [0, 0.05) is 0 Å². The van der Waals surface area contributed by atoms with Gasteiger partial charge < -0.3 is 4.74 Å². The van der Waals surface area contributed by atoms with E-state index in [4.69, 9.17) is 4.74 Å². The van der Waals surface area contributed by atoms with Gasteiger partial charge in [0.1, 0.15) is 5.75 Å². The molecule has 0 saturated carbocycles. The lowest BCUT2D eigenvalue weighted by molar-refractivity contribution is -0.113. The van der Waals surface area contributed by atoms with Crippen LogP contribution in [0, 0.1) is 0 Å². The number of benzene rings is 1. The highest BCUT2D eigenvalue weighted by Crippen LogP contribution is 2.15. The SMILES string of the molecule is CCC(=Cc1ccc(OC)cc1)C(C)=O. The predicted molar refractivity (Wildman–Crippen MR) is 61.9 cm³/mol. The summed E-state index contributed by atoms with van der Waals surface area (Å²) in [5.41, 5.74) is 1.88. The van der Waals surface area contributed by atoms with Gasteiger partial charge >= 0.3 is 0 Å². The van der Waals surface area contributed by atoms with Crippen molar-refractivity contribution in [1.82, 2.24) is 0 Å². The molecule has 0 saturated heterocycles. The summed E-state index contributed by atoms with van der Waals surface area (Å²) in [7, 11) is 1.64. The molecule has 1 rings (SSSR count). The van der Waals surface area contributed by atoms with Crippen molar-refractivity contribution in [2.75, 3.05) is 7.11 Å². The molecular weight excluding hydrogens is 188 g/mol. The van der Waals surface area contributed by atoms with E-state index in [1.807, 2.05) is 37.3 Å². The molecular formula is C13H16O2. The zero-order chi connectivity index (χ0) is 11.3. The van der Waals surface area contributed by atoms with Gasteiger partial charge in [0.2, 0.25) is 0 Å². The first kappa shape index (κ1) is 11.5. The van der Waals surface area contributed by atoms with Crippen LogP contribution in [0.2, 0.25) is 0 Å². The lowest BCUT2D eigenvalue weighted by Gasteiger charge is -2.01. The van der Waals surface area contributed by atoms with Gasteiger partial charge in [-0.2, -0.15) is 0 Å². The highest BCUT2D eigenvalue weighted by atomic mass is 16.5. The minimum absolute atomic E-state index is 0.133. The second kappa shape index (κ2) is 5.35. The third kappa shape index (κ3) is 3.24. The molecule has 0 aromatic heterocycles. The molecule has 2 nitrogen and oxygen atoms in total. The third-order valence-corrected chi connectivity index (χ3v) is 2.29. The van der Waals surface area contributed by atoms with Gasteiger partial charge in [0.25, 0.3) is 0 Å². The van der Waals surface area contributed by atoms with Gasteiger partial charge in [-0.15, -0.1) is 0 Å². The molecule has 0 atom stereocenters. The van der Waals surface area contributed by atoms with Crippen LogP contribution in [0.4, 0.5) is 0 Å². The minimum Gasteiger partial charge on any atom is -0.497 e. The number of carbonyl (C=O) groups is 1. The molecule has 15 heavy (non-hydrogen) atoms. The van der Waals surface area contributed by atoms with E-state index in [9.17, 15) is 4.79 Å². The number of ether oxygens (including phenoxy) is 1. The van der Waals surface area contributed by atoms with E-state index in [2.05, 4.69) is 0 Å². The Kier molecular flexibility index (Phi) is 4.10. The largest absolute Gasteiger partial charge is 0.497 e. The van der Waals surface area contributed by atoms with Crippen molar-refractivity contribution in [1.29, 1.82) is 0 Å². The first-order valence-corrected chi connectivity index (χ1v) is 5.03. The fourth-order valence-electron chi connectivity index (χ4n) is 1.35. The van der Waals surface area contributed by atoms with Crippen molar-refractivity contribution in [3.8, 4) is 5.75 Å². The van der Waals surface area contributed by atoms with Crippen molar-refractivity contribution in [2.24, 2.45) is 0 Å². The van der Waals surface area contributed by atoms with Crippen LogP contribution in [0.5, 0.6) is 5.75 Å². The highest BCUT2D eigenvalue weighted by Gasteiger charge is 2.00. The fourth-order valence-corrected chi connectivity index (χ4v) is 1.35. The molecule has 0 aliphatic heterocycles. The molecule has 2 heteroatoms. The topological polar surface area (TPSA) is 26.3 Å². The zero-order valence-electron chi connectivity index (χ0n) is 9.41. The van der Waals surface area contributed by atoms with Gasteiger partial charge in [-0.1, -0.05) is 19.1 Å². The van der Waals surface area contributed by atoms with Crippen molar-refractivity contribution in [2.45, 2.75) is 20.3 Å². The summed E-state index contributed by atoms with van der Waals surface area (Å²) in [6.07, 6.45) is 2.68. The molecule has 0 fully saturated rings. The molecule has 80 valence electrons. The van der Waals surface area contributed by atoms with E-state index in [1.54, 1.807) is 14.0 Å². The Labute approximate surface area is 90.6 Å². The van der Waals surface area contributed by atoms with E-state index in [0.29, 0.717) is 0 Å². The van der Waals surface area contributed by atoms with Crippen LogP contribution in [0.25, 0.3) is 6.08 Å². The molecule has 0 aliphatic carbocycles. The van der Waals surface area contributed by atoms with Crippen LogP contribution in [0.15, 0.2) is 29.8 Å². The second-order valence-electron chi connectivity index (χ2n) is 3.35. The average Bonchev–Trinajstić information content (AvgIpc) is 2.26. The summed E-state index contributed by atoms with van der Waals surface area (Å²) >= 11 is 0. The Hall–Kier alpha value is -1.57. The Balaban J connectivity index is 2.92. The van der Waals surface area contributed by atoms with Gasteiger partial charge in [0.05, 0.1) is 7.11 Å². The number of ketones is 1. The van der Waals surface area contributed by atoms with Crippen LogP contribution < -0.4 is 4.74 Å². The lowest BCUT2D eigenvalue weighted by Crippen LogP contribution is -1.94. The lowest BCUT2D eigenvalue weighted by atomic mass is 10.1. The molecule has 0 radical (unpaired) electrons. The van der Waals surface area contributed by atoms with E-state index in [1.165, 1.54) is 0 Å². The summed E-state index contributed by atoms with van der Waals surface area (Å²) in [5, 5.41) is 0. The van der Waals surface area contributed by atoms with E-state index in [0.717, 1.165) is 23.3 Å². The average molecular weight is 204 g/mol. The summed E-state index contributed by atoms with van der Waals surface area (Å²) in [4.78, 5) is 11.2. The van der Waals surface area contributed by atoms with E-state index in [-0.39, 0.29) is 5.78 Å². The van der Waals surface area contributed by atoms with Gasteiger partial charge in [-0.25, -0.2) is 0 Å². The Bertz CT molecular complexity index is 361. The second-order valence-corrected chi connectivity index (χ2v) is 3.35. The molecule has 0 unspecified atom stereocenters. The maximum atomic E-state index is 11.2. The number of Topliss-reactive ketones (excluding diaryl/α,β-unsaturated/α-hetero) is 1. The summed E-state index contributed by atoms with van der Waals surface area (Å²) in [5.74, 6) is 0.960. The summed E-state index contributed by atoms with van der Waals surface area (Å²) in [6, 6.07) is 7.66. The first-order chi connectivity index (χ1) is 7.17. The molecule has 0 heterocycles. The van der Waals surface area contributed by atoms with Gasteiger partial charge in [0.15, 0.2) is 5.78 Å². The number of methoxy groups -OCH3 is 1.